The van der Waals surface area contributed by atoms with E-state index in [1.54, 1.807) is 70.1 Å². The molecule has 558 valence electrons. The van der Waals surface area contributed by atoms with Crippen molar-refractivity contribution in [2.45, 2.75) is 138 Å². The van der Waals surface area contributed by atoms with Gasteiger partial charge in [-0.15, -0.1) is 11.3 Å². The summed E-state index contributed by atoms with van der Waals surface area (Å²) in [6.45, 7) is 6.38. The Morgan fingerprint density at radius 3 is 1.17 bits per heavy atom. The lowest BCUT2D eigenvalue weighted by atomic mass is 10.1. The first-order valence-corrected chi connectivity index (χ1v) is 45.8. The first kappa shape index (κ1) is 77.7. The Hall–Kier alpha value is -8.04. The first-order chi connectivity index (χ1) is 53.7. The number of thiazole rings is 1. The zero-order valence-corrected chi connectivity index (χ0v) is 68.5. The van der Waals surface area contributed by atoms with E-state index < -0.39 is 0 Å². The number of benzene rings is 9. The molecule has 9 aromatic carbocycles. The van der Waals surface area contributed by atoms with Gasteiger partial charge in [-0.1, -0.05) is 223 Å². The molecule has 0 aliphatic rings. The van der Waals surface area contributed by atoms with Gasteiger partial charge in [0.1, 0.15) is 16.6 Å². The van der Waals surface area contributed by atoms with Crippen LogP contribution < -0.4 is 0 Å². The maximum atomic E-state index is 5.91. The molecule has 8 heterocycles. The van der Waals surface area contributed by atoms with Crippen molar-refractivity contribution in [2.75, 3.05) is 46.0 Å². The molecule has 0 fully saturated rings. The summed E-state index contributed by atoms with van der Waals surface area (Å²) in [5, 5.41) is 6.40. The number of hydrogen-bond donors (Lipinski definition) is 4. The molecule has 15 nitrogen and oxygen atoms in total. The van der Waals surface area contributed by atoms with Crippen LogP contribution in [0.5, 0.6) is 0 Å². The standard InChI is InChI=1S/C25H23N3OS2.C21H23N3OS2.C20H21N3S3.C19H19N3OS2/c1-3-9-18(10-4-1)19-13-14-23-22(17-19)28-25(29-23)31-16-8-2-7-15-30-24-26-20-11-5-6-12-21(20)27-24;1-14-12-17-18(13-15(14)2)23-20(22-17)26-10-6-3-7-11-27-21-24-16-8-4-5-9-19(16)25-21;1-14-9-10-15-17(13-14)22-19(21-15)24-11-5-2-6-12-25-20-23-16-7-3-4-8-18(16)26-20;1(6-12-24-18-20-14-8-2-3-9-15(14)21-18)7-13-25-19-22-16-10-4-5-11-17(16)23-19/h1,3-6,9-14,17H,2,7-8,15-16H2,(H,26,27);4-5,8-9,12-13H,3,6-7,10-11H2,1-2H3,(H,22,23);3-4,7-10,13H,2,5-6,11-12H2,1H3,(H,21,22);2-5,8-11H,1,6-7,12-13H2,(H,20,21). The van der Waals surface area contributed by atoms with E-state index in [2.05, 4.69) is 179 Å². The Morgan fingerprint density at radius 2 is 0.670 bits per heavy atom. The van der Waals surface area contributed by atoms with E-state index in [1.807, 2.05) is 132 Å². The number of nitrogens with zero attached hydrogens (tertiary/aromatic N) is 8. The second kappa shape index (κ2) is 40.2. The SMILES string of the molecule is Cc1cc2nc(SCCCCCSc3nc4ccccc4o3)[nH]c2cc1C.Cc1ccc2nc(SCCCCCSc3nc4ccccc4s3)[nH]c2c1.c1ccc(-c2ccc3oc(SCCCCCSc4nc5ccccc5[nH]4)nc3c2)cc1.c1ccc2[nH]c(SCCCCCSc3nc4ccccc4o3)nc2c1. The summed E-state index contributed by atoms with van der Waals surface area (Å²) in [5.74, 6) is 8.63. The highest BCUT2D eigenvalue weighted by Gasteiger charge is 2.13. The van der Waals surface area contributed by atoms with E-state index in [0.29, 0.717) is 0 Å². The fourth-order valence-electron chi connectivity index (χ4n) is 11.8. The predicted molar refractivity (Wildman–Crippen MR) is 467 cm³/mol. The van der Waals surface area contributed by atoms with Gasteiger partial charge in [0.05, 0.1) is 54.4 Å². The molecular formula is C85H86N12O3S9. The van der Waals surface area contributed by atoms with Crippen LogP contribution in [0.3, 0.4) is 0 Å². The quantitative estimate of drug-likeness (QED) is 0.0223. The zero-order valence-electron chi connectivity index (χ0n) is 61.2. The minimum Gasteiger partial charge on any atom is -0.431 e. The summed E-state index contributed by atoms with van der Waals surface area (Å²) >= 11 is 16.0. The largest absolute Gasteiger partial charge is 0.431 e. The monoisotopic (exact) mass is 1610 g/mol. The number of imidazole rings is 4. The summed E-state index contributed by atoms with van der Waals surface area (Å²) in [7, 11) is 0. The topological polar surface area (TPSA) is 206 Å². The van der Waals surface area contributed by atoms with Crippen molar-refractivity contribution in [3.8, 4) is 11.1 Å². The van der Waals surface area contributed by atoms with Gasteiger partial charge in [0.25, 0.3) is 15.7 Å². The summed E-state index contributed by atoms with van der Waals surface area (Å²) in [6.07, 6.45) is 14.4. The molecule has 24 heteroatoms. The Balaban J connectivity index is 0.000000122. The third-order valence-corrected chi connectivity index (χ3v) is 26.6. The van der Waals surface area contributed by atoms with Gasteiger partial charge >= 0.3 is 0 Å². The van der Waals surface area contributed by atoms with E-state index in [1.165, 1.54) is 107 Å². The van der Waals surface area contributed by atoms with Crippen molar-refractivity contribution in [1.82, 2.24) is 59.8 Å². The number of oxazole rings is 3. The Kier molecular flexibility index (Phi) is 28.7. The number of aromatic nitrogens is 12. The van der Waals surface area contributed by atoms with E-state index in [9.17, 15) is 0 Å². The highest BCUT2D eigenvalue weighted by Crippen LogP contribution is 2.34. The van der Waals surface area contributed by atoms with Crippen LogP contribution in [0, 0.1) is 20.8 Å². The fraction of sp³-hybridized carbons (Fsp3) is 0.271. The molecular weight excluding hydrogens is 1530 g/mol. The molecule has 0 saturated heterocycles. The molecule has 0 bridgehead atoms. The maximum Gasteiger partial charge on any atom is 0.256 e. The molecule has 8 aromatic heterocycles. The second-order valence-corrected chi connectivity index (χ2v) is 35.9. The smallest absolute Gasteiger partial charge is 0.256 e. The lowest BCUT2D eigenvalue weighted by Crippen LogP contribution is -1.85. The molecule has 109 heavy (non-hydrogen) atoms. The molecule has 0 saturated carbocycles. The van der Waals surface area contributed by atoms with E-state index in [0.717, 1.165) is 172 Å². The summed E-state index contributed by atoms with van der Waals surface area (Å²) in [5.41, 5.74) is 21.4. The van der Waals surface area contributed by atoms with Crippen molar-refractivity contribution in [1.29, 1.82) is 0 Å². The van der Waals surface area contributed by atoms with Crippen molar-refractivity contribution in [2.24, 2.45) is 0 Å². The van der Waals surface area contributed by atoms with Crippen LogP contribution in [-0.4, -0.2) is 106 Å². The van der Waals surface area contributed by atoms with E-state index in [-0.39, 0.29) is 0 Å². The summed E-state index contributed by atoms with van der Waals surface area (Å²) in [6, 6.07) is 67.8. The minimum atomic E-state index is 0.761. The number of rotatable bonds is 33. The van der Waals surface area contributed by atoms with Gasteiger partial charge in [-0.2, -0.15) is 0 Å². The highest BCUT2D eigenvalue weighted by atomic mass is 32.2. The molecule has 0 aliphatic heterocycles. The van der Waals surface area contributed by atoms with Gasteiger partial charge in [-0.3, -0.25) is 0 Å². The third-order valence-electron chi connectivity index (χ3n) is 17.7. The van der Waals surface area contributed by atoms with Crippen LogP contribution >= 0.6 is 105 Å². The Bertz CT molecular complexity index is 5410. The fourth-order valence-corrected chi connectivity index (χ4v) is 20.0. The molecule has 0 aliphatic carbocycles. The van der Waals surface area contributed by atoms with Crippen LogP contribution in [-0.2, 0) is 0 Å². The molecule has 17 aromatic rings. The number of unbranched alkanes of at least 4 members (excludes halogenated alkanes) is 8. The number of fused-ring (bicyclic) bond motifs is 8. The van der Waals surface area contributed by atoms with Crippen molar-refractivity contribution < 1.29 is 13.3 Å². The normalized spacial score (nSPS) is 11.6. The minimum absolute atomic E-state index is 0.761. The van der Waals surface area contributed by atoms with Gasteiger partial charge in [0.15, 0.2) is 41.7 Å². The van der Waals surface area contributed by atoms with E-state index >= 15 is 0 Å². The van der Waals surface area contributed by atoms with Gasteiger partial charge < -0.3 is 33.2 Å². The number of H-pyrrole nitrogens is 4. The molecule has 0 atom stereocenters. The van der Waals surface area contributed by atoms with Crippen LogP contribution in [0.15, 0.2) is 254 Å². The lowest BCUT2D eigenvalue weighted by molar-refractivity contribution is 0.489. The summed E-state index contributed by atoms with van der Waals surface area (Å²) in [4.78, 5) is 50.5. The molecule has 0 spiro atoms. The zero-order chi connectivity index (χ0) is 74.2. The maximum absolute atomic E-state index is 5.91. The van der Waals surface area contributed by atoms with Crippen molar-refractivity contribution in [3.05, 3.63) is 217 Å². The first-order valence-electron chi connectivity index (χ1n) is 37.1. The van der Waals surface area contributed by atoms with Crippen molar-refractivity contribution in [3.63, 3.8) is 0 Å². The number of aromatic amines is 4. The number of thioether (sulfide) groups is 8. The summed E-state index contributed by atoms with van der Waals surface area (Å²) < 4.78 is 19.8. The Labute approximate surface area is 672 Å². The average Bonchev–Trinajstić information content (AvgIpc) is 1.72. The van der Waals surface area contributed by atoms with Crippen LogP contribution in [0.25, 0.3) is 98.8 Å². The second-order valence-electron chi connectivity index (χ2n) is 26.1. The molecule has 4 N–H and O–H groups in total. The average molecular weight is 1610 g/mol. The van der Waals surface area contributed by atoms with Crippen LogP contribution in [0.1, 0.15) is 93.7 Å². The number of aryl methyl sites for hydroxylation is 3. The van der Waals surface area contributed by atoms with Gasteiger partial charge in [-0.25, -0.2) is 39.9 Å². The Morgan fingerprint density at radius 1 is 0.275 bits per heavy atom. The third kappa shape index (κ3) is 22.8. The van der Waals surface area contributed by atoms with Gasteiger partial charge in [0, 0.05) is 46.0 Å². The van der Waals surface area contributed by atoms with Gasteiger partial charge in [-0.05, 0) is 197 Å². The van der Waals surface area contributed by atoms with Crippen LogP contribution in [0.4, 0.5) is 0 Å². The van der Waals surface area contributed by atoms with Crippen molar-refractivity contribution >= 4 is 193 Å². The number of nitrogens with one attached hydrogen (secondary N) is 4. The molecule has 0 amide bonds. The highest BCUT2D eigenvalue weighted by molar-refractivity contribution is 8.01. The molecule has 17 rings (SSSR count). The number of hydrogen-bond acceptors (Lipinski definition) is 20. The number of para-hydroxylation sites is 9. The molecule has 0 radical (unpaired) electrons. The van der Waals surface area contributed by atoms with E-state index in [4.69, 9.17) is 18.2 Å². The predicted octanol–water partition coefficient (Wildman–Crippen LogP) is 26.1. The lowest BCUT2D eigenvalue weighted by Gasteiger charge is -1.99. The van der Waals surface area contributed by atoms with Crippen LogP contribution in [0.2, 0.25) is 0 Å². The van der Waals surface area contributed by atoms with Gasteiger partial charge in [0.2, 0.25) is 0 Å². The molecule has 0 unspecified atom stereocenters.